The van der Waals surface area contributed by atoms with Crippen LogP contribution in [-0.2, 0) is 0 Å². The van der Waals surface area contributed by atoms with E-state index in [0.717, 1.165) is 0 Å². The predicted molar refractivity (Wildman–Crippen MR) is 96.1 cm³/mol. The van der Waals surface area contributed by atoms with Crippen LogP contribution in [0.15, 0.2) is 64.3 Å². The quantitative estimate of drug-likeness (QED) is 0.702. The summed E-state index contributed by atoms with van der Waals surface area (Å²) >= 11 is 0. The van der Waals surface area contributed by atoms with Gasteiger partial charge in [-0.3, -0.25) is 0 Å². The van der Waals surface area contributed by atoms with Gasteiger partial charge in [-0.1, -0.05) is 36.3 Å². The number of anilines is 1. The molecule has 0 amide bonds. The van der Waals surface area contributed by atoms with Crippen LogP contribution in [0.25, 0.3) is 0 Å². The molecule has 0 saturated heterocycles. The van der Waals surface area contributed by atoms with Gasteiger partial charge in [0.1, 0.15) is 0 Å². The number of para-hydroxylation sites is 1. The number of nitrogens with one attached hydrogen (secondary N) is 1. The lowest BCUT2D eigenvalue weighted by atomic mass is 9.79. The average molecular weight is 293 g/mol. The molecular formula is C21H27N. The Morgan fingerprint density at radius 1 is 0.864 bits per heavy atom. The number of allylic oxidation sites excluding steroid dienone is 3. The first-order valence-corrected chi connectivity index (χ1v) is 8.57. The molecule has 2 aliphatic carbocycles. The summed E-state index contributed by atoms with van der Waals surface area (Å²) in [6, 6.07) is 10.9. The van der Waals surface area contributed by atoms with Crippen LogP contribution >= 0.6 is 0 Å². The van der Waals surface area contributed by atoms with E-state index in [1.807, 2.05) is 0 Å². The maximum atomic E-state index is 3.74. The van der Waals surface area contributed by atoms with Crippen LogP contribution in [0.4, 0.5) is 5.69 Å². The molecule has 1 unspecified atom stereocenters. The Kier molecular flexibility index (Phi) is 4.52. The number of rotatable bonds is 2. The lowest BCUT2D eigenvalue weighted by molar-refractivity contribution is 0.590. The Morgan fingerprint density at radius 2 is 1.55 bits per heavy atom. The first-order valence-electron chi connectivity index (χ1n) is 8.57. The molecule has 1 aromatic rings. The van der Waals surface area contributed by atoms with Gasteiger partial charge in [0.05, 0.1) is 6.04 Å². The maximum absolute atomic E-state index is 3.74. The van der Waals surface area contributed by atoms with Crippen molar-refractivity contribution in [1.29, 1.82) is 0 Å². The molecule has 1 saturated carbocycles. The number of benzene rings is 1. The highest BCUT2D eigenvalue weighted by molar-refractivity contribution is 5.58. The normalized spacial score (nSPS) is 22.7. The van der Waals surface area contributed by atoms with Gasteiger partial charge in [0.25, 0.3) is 0 Å². The summed E-state index contributed by atoms with van der Waals surface area (Å²) < 4.78 is 0. The monoisotopic (exact) mass is 293 g/mol. The first kappa shape index (κ1) is 15.1. The lowest BCUT2D eigenvalue weighted by Crippen LogP contribution is -2.26. The fourth-order valence-electron chi connectivity index (χ4n) is 3.75. The van der Waals surface area contributed by atoms with E-state index in [9.17, 15) is 0 Å². The lowest BCUT2D eigenvalue weighted by Gasteiger charge is -2.31. The Morgan fingerprint density at radius 3 is 2.23 bits per heavy atom. The van der Waals surface area contributed by atoms with E-state index >= 15 is 0 Å². The summed E-state index contributed by atoms with van der Waals surface area (Å²) in [6.07, 6.45) is 9.06. The molecule has 1 aromatic carbocycles. The molecule has 2 aliphatic rings. The van der Waals surface area contributed by atoms with E-state index in [1.165, 1.54) is 54.5 Å². The Labute approximate surface area is 134 Å². The van der Waals surface area contributed by atoms with Crippen LogP contribution in [0.2, 0.25) is 0 Å². The van der Waals surface area contributed by atoms with Crippen molar-refractivity contribution in [3.63, 3.8) is 0 Å². The van der Waals surface area contributed by atoms with Crippen LogP contribution < -0.4 is 5.32 Å². The second kappa shape index (κ2) is 6.56. The van der Waals surface area contributed by atoms with Gasteiger partial charge < -0.3 is 5.32 Å². The minimum absolute atomic E-state index is 0.319. The van der Waals surface area contributed by atoms with Gasteiger partial charge >= 0.3 is 0 Å². The van der Waals surface area contributed by atoms with Crippen molar-refractivity contribution in [1.82, 2.24) is 0 Å². The summed E-state index contributed by atoms with van der Waals surface area (Å²) in [6.45, 7) is 6.81. The fourth-order valence-corrected chi connectivity index (χ4v) is 3.75. The van der Waals surface area contributed by atoms with E-state index in [-0.39, 0.29) is 0 Å². The van der Waals surface area contributed by atoms with Crippen LogP contribution in [-0.4, -0.2) is 6.04 Å². The van der Waals surface area contributed by atoms with Gasteiger partial charge in [0.15, 0.2) is 0 Å². The van der Waals surface area contributed by atoms with E-state index in [2.05, 4.69) is 62.5 Å². The van der Waals surface area contributed by atoms with Gasteiger partial charge in [-0.05, 0) is 80.9 Å². The van der Waals surface area contributed by atoms with Crippen molar-refractivity contribution >= 4 is 5.69 Å². The summed E-state index contributed by atoms with van der Waals surface area (Å²) in [5.74, 6) is 0. The van der Waals surface area contributed by atoms with Crippen molar-refractivity contribution in [2.24, 2.45) is 0 Å². The molecule has 0 heterocycles. The summed E-state index contributed by atoms with van der Waals surface area (Å²) in [5, 5.41) is 3.74. The molecule has 116 valence electrons. The molecule has 1 heteroatoms. The second-order valence-corrected chi connectivity index (χ2v) is 6.67. The Hall–Kier alpha value is -1.76. The summed E-state index contributed by atoms with van der Waals surface area (Å²) in [7, 11) is 0. The predicted octanol–water partition coefficient (Wildman–Crippen LogP) is 6.02. The van der Waals surface area contributed by atoms with Crippen molar-refractivity contribution in [2.75, 3.05) is 5.32 Å². The van der Waals surface area contributed by atoms with E-state index in [1.54, 1.807) is 11.1 Å². The van der Waals surface area contributed by atoms with Gasteiger partial charge in [-0.25, -0.2) is 0 Å². The summed E-state index contributed by atoms with van der Waals surface area (Å²) in [4.78, 5) is 0. The van der Waals surface area contributed by atoms with Crippen molar-refractivity contribution in [2.45, 2.75) is 58.9 Å². The minimum atomic E-state index is 0.319. The average Bonchev–Trinajstić information content (AvgIpc) is 2.55. The highest BCUT2D eigenvalue weighted by Crippen LogP contribution is 2.37. The standard InChI is InChI=1S/C21H27N/c1-15-14-20(22-19-12-8-5-9-13-19)21(17(3)16(15)2)18-10-6-4-7-11-18/h5,8-9,12-14,20,22H,4,6-7,10-11H2,1-3H3. The zero-order valence-corrected chi connectivity index (χ0v) is 14.1. The molecule has 0 radical (unpaired) electrons. The van der Waals surface area contributed by atoms with Gasteiger partial charge in [0.2, 0.25) is 0 Å². The van der Waals surface area contributed by atoms with E-state index in [4.69, 9.17) is 0 Å². The van der Waals surface area contributed by atoms with E-state index < -0.39 is 0 Å². The Balaban J connectivity index is 1.98. The molecule has 0 aliphatic heterocycles. The highest BCUT2D eigenvalue weighted by Gasteiger charge is 2.24. The minimum Gasteiger partial charge on any atom is -0.375 e. The third kappa shape index (κ3) is 3.04. The molecule has 1 atom stereocenters. The fraction of sp³-hybridized carbons (Fsp3) is 0.429. The van der Waals surface area contributed by atoms with Crippen molar-refractivity contribution in [3.8, 4) is 0 Å². The molecule has 1 nitrogen and oxygen atoms in total. The molecular weight excluding hydrogens is 266 g/mol. The van der Waals surface area contributed by atoms with Crippen LogP contribution in [0.5, 0.6) is 0 Å². The first-order chi connectivity index (χ1) is 10.7. The van der Waals surface area contributed by atoms with Crippen molar-refractivity contribution in [3.05, 3.63) is 64.3 Å². The van der Waals surface area contributed by atoms with Gasteiger partial charge in [-0.15, -0.1) is 0 Å². The van der Waals surface area contributed by atoms with Gasteiger partial charge in [0, 0.05) is 5.69 Å². The largest absolute Gasteiger partial charge is 0.375 e. The smallest absolute Gasteiger partial charge is 0.0705 e. The van der Waals surface area contributed by atoms with Crippen LogP contribution in [0.1, 0.15) is 52.9 Å². The molecule has 0 bridgehead atoms. The molecule has 1 N–H and O–H groups in total. The second-order valence-electron chi connectivity index (χ2n) is 6.67. The molecule has 3 rings (SSSR count). The molecule has 0 aromatic heterocycles. The zero-order chi connectivity index (χ0) is 15.5. The highest BCUT2D eigenvalue weighted by atomic mass is 14.9. The maximum Gasteiger partial charge on any atom is 0.0705 e. The third-order valence-corrected chi connectivity index (χ3v) is 5.22. The molecule has 0 spiro atoms. The number of hydrogen-bond donors (Lipinski definition) is 1. The molecule has 22 heavy (non-hydrogen) atoms. The van der Waals surface area contributed by atoms with Crippen LogP contribution in [0, 0.1) is 0 Å². The van der Waals surface area contributed by atoms with E-state index in [0.29, 0.717) is 6.04 Å². The summed E-state index contributed by atoms with van der Waals surface area (Å²) in [5.41, 5.74) is 8.81. The van der Waals surface area contributed by atoms with Crippen molar-refractivity contribution < 1.29 is 0 Å². The number of hydrogen-bond acceptors (Lipinski definition) is 1. The zero-order valence-electron chi connectivity index (χ0n) is 14.1. The molecule has 1 fully saturated rings. The SMILES string of the molecule is CC1=CC(Nc2ccccc2)C(=C2CCCCC2)C(C)=C1C. The third-order valence-electron chi connectivity index (χ3n) is 5.22. The topological polar surface area (TPSA) is 12.0 Å². The van der Waals surface area contributed by atoms with Gasteiger partial charge in [-0.2, -0.15) is 0 Å². The Bertz CT molecular complexity index is 623. The van der Waals surface area contributed by atoms with Crippen LogP contribution in [0.3, 0.4) is 0 Å².